The summed E-state index contributed by atoms with van der Waals surface area (Å²) in [7, 11) is 2.05. The van der Waals surface area contributed by atoms with Crippen LogP contribution in [0.25, 0.3) is 0 Å². The smallest absolute Gasteiger partial charge is 0.253 e. The van der Waals surface area contributed by atoms with Crippen LogP contribution in [0.2, 0.25) is 0 Å². The Labute approximate surface area is 133 Å². The highest BCUT2D eigenvalue weighted by Gasteiger charge is 2.13. The first-order valence-electron chi connectivity index (χ1n) is 7.80. The molecule has 116 valence electrons. The van der Waals surface area contributed by atoms with E-state index in [2.05, 4.69) is 17.0 Å². The fourth-order valence-electron chi connectivity index (χ4n) is 2.52. The van der Waals surface area contributed by atoms with E-state index in [1.807, 2.05) is 68.3 Å². The predicted octanol–water partition coefficient (Wildman–Crippen LogP) is 3.81. The quantitative estimate of drug-likeness (QED) is 0.809. The van der Waals surface area contributed by atoms with Gasteiger partial charge in [-0.25, -0.2) is 0 Å². The molecule has 2 aromatic rings. The lowest BCUT2D eigenvalue weighted by Crippen LogP contribution is -2.30. The molecule has 0 aliphatic carbocycles. The van der Waals surface area contributed by atoms with Crippen molar-refractivity contribution in [3.63, 3.8) is 0 Å². The van der Waals surface area contributed by atoms with Crippen LogP contribution in [0.5, 0.6) is 0 Å². The maximum Gasteiger partial charge on any atom is 0.253 e. The molecule has 22 heavy (non-hydrogen) atoms. The largest absolute Gasteiger partial charge is 0.370 e. The molecule has 0 aromatic heterocycles. The first-order valence-corrected chi connectivity index (χ1v) is 7.80. The molecule has 1 amide bonds. The van der Waals surface area contributed by atoms with Crippen LogP contribution in [0.3, 0.4) is 0 Å². The Hall–Kier alpha value is -2.29. The van der Waals surface area contributed by atoms with Gasteiger partial charge in [-0.15, -0.1) is 0 Å². The summed E-state index contributed by atoms with van der Waals surface area (Å²) in [5.41, 5.74) is 3.06. The molecule has 0 saturated heterocycles. The molecule has 0 aliphatic rings. The Balaban J connectivity index is 2.15. The molecular weight excluding hydrogens is 272 g/mol. The molecule has 0 bridgehead atoms. The summed E-state index contributed by atoms with van der Waals surface area (Å²) in [5.74, 6) is 0.0972. The van der Waals surface area contributed by atoms with E-state index in [-0.39, 0.29) is 5.91 Å². The maximum absolute atomic E-state index is 12.4. The van der Waals surface area contributed by atoms with E-state index in [9.17, 15) is 4.79 Å². The van der Waals surface area contributed by atoms with Gasteiger partial charge in [-0.1, -0.05) is 36.4 Å². The maximum atomic E-state index is 12.4. The topological polar surface area (TPSA) is 23.6 Å². The van der Waals surface area contributed by atoms with Crippen LogP contribution in [0, 0.1) is 0 Å². The van der Waals surface area contributed by atoms with Gasteiger partial charge in [0.05, 0.1) is 0 Å². The highest BCUT2D eigenvalue weighted by molar-refractivity contribution is 5.95. The highest BCUT2D eigenvalue weighted by atomic mass is 16.2. The third kappa shape index (κ3) is 3.88. The monoisotopic (exact) mass is 296 g/mol. The van der Waals surface area contributed by atoms with Gasteiger partial charge in [0.15, 0.2) is 0 Å². The van der Waals surface area contributed by atoms with E-state index in [1.54, 1.807) is 0 Å². The van der Waals surface area contributed by atoms with Crippen molar-refractivity contribution >= 4 is 11.6 Å². The summed E-state index contributed by atoms with van der Waals surface area (Å²) in [4.78, 5) is 16.5. The minimum atomic E-state index is 0.0972. The van der Waals surface area contributed by atoms with E-state index < -0.39 is 0 Å². The second-order valence-electron chi connectivity index (χ2n) is 5.37. The van der Waals surface area contributed by atoms with Crippen LogP contribution in [0.1, 0.15) is 29.8 Å². The summed E-state index contributed by atoms with van der Waals surface area (Å²) in [5, 5.41) is 0. The number of hydrogen-bond acceptors (Lipinski definition) is 2. The molecular formula is C19H24N2O. The van der Waals surface area contributed by atoms with Crippen LogP contribution in [-0.4, -0.2) is 30.9 Å². The zero-order chi connectivity index (χ0) is 15.9. The zero-order valence-corrected chi connectivity index (χ0v) is 13.6. The summed E-state index contributed by atoms with van der Waals surface area (Å²) in [6.45, 7) is 6.31. The SMILES string of the molecule is CCN(CC)C(=O)c1cccc(N(C)Cc2ccccc2)c1. The Morgan fingerprint density at radius 2 is 1.64 bits per heavy atom. The molecule has 0 heterocycles. The number of anilines is 1. The Morgan fingerprint density at radius 3 is 2.27 bits per heavy atom. The van der Waals surface area contributed by atoms with E-state index in [0.717, 1.165) is 30.9 Å². The van der Waals surface area contributed by atoms with Crippen LogP contribution >= 0.6 is 0 Å². The fourth-order valence-corrected chi connectivity index (χ4v) is 2.52. The van der Waals surface area contributed by atoms with Crippen LogP contribution in [-0.2, 0) is 6.54 Å². The number of nitrogens with zero attached hydrogens (tertiary/aromatic N) is 2. The van der Waals surface area contributed by atoms with Crippen LogP contribution in [0.15, 0.2) is 54.6 Å². The van der Waals surface area contributed by atoms with Gasteiger partial charge in [-0.05, 0) is 37.6 Å². The molecule has 2 aromatic carbocycles. The van der Waals surface area contributed by atoms with Gasteiger partial charge in [-0.3, -0.25) is 4.79 Å². The number of amides is 1. The number of benzene rings is 2. The van der Waals surface area contributed by atoms with Crippen molar-refractivity contribution < 1.29 is 4.79 Å². The predicted molar refractivity (Wildman–Crippen MR) is 92.2 cm³/mol. The first kappa shape index (κ1) is 16.1. The van der Waals surface area contributed by atoms with E-state index in [0.29, 0.717) is 0 Å². The average molecular weight is 296 g/mol. The van der Waals surface area contributed by atoms with Crippen molar-refractivity contribution in [2.24, 2.45) is 0 Å². The zero-order valence-electron chi connectivity index (χ0n) is 13.6. The number of hydrogen-bond donors (Lipinski definition) is 0. The summed E-state index contributed by atoms with van der Waals surface area (Å²) in [6, 6.07) is 18.2. The minimum Gasteiger partial charge on any atom is -0.370 e. The fraction of sp³-hybridized carbons (Fsp3) is 0.316. The van der Waals surface area contributed by atoms with E-state index >= 15 is 0 Å². The number of carbonyl (C=O) groups is 1. The van der Waals surface area contributed by atoms with Crippen LogP contribution in [0.4, 0.5) is 5.69 Å². The Kier molecular flexibility index (Phi) is 5.59. The average Bonchev–Trinajstić information content (AvgIpc) is 2.57. The van der Waals surface area contributed by atoms with Crippen molar-refractivity contribution in [1.29, 1.82) is 0 Å². The second kappa shape index (κ2) is 7.64. The molecule has 0 radical (unpaired) electrons. The molecule has 0 aliphatic heterocycles. The molecule has 0 N–H and O–H groups in total. The molecule has 0 unspecified atom stereocenters. The normalized spacial score (nSPS) is 10.3. The van der Waals surface area contributed by atoms with Gasteiger partial charge >= 0.3 is 0 Å². The minimum absolute atomic E-state index is 0.0972. The molecule has 0 fully saturated rings. The van der Waals surface area contributed by atoms with Gasteiger partial charge in [0.25, 0.3) is 5.91 Å². The Bertz CT molecular complexity index is 606. The summed E-state index contributed by atoms with van der Waals surface area (Å²) < 4.78 is 0. The van der Waals surface area contributed by atoms with Crippen molar-refractivity contribution in [2.45, 2.75) is 20.4 Å². The van der Waals surface area contributed by atoms with Crippen molar-refractivity contribution in [3.05, 3.63) is 65.7 Å². The lowest BCUT2D eigenvalue weighted by Gasteiger charge is -2.22. The lowest BCUT2D eigenvalue weighted by molar-refractivity contribution is 0.0773. The lowest BCUT2D eigenvalue weighted by atomic mass is 10.1. The first-order chi connectivity index (χ1) is 10.7. The van der Waals surface area contributed by atoms with Gasteiger partial charge in [0.2, 0.25) is 0 Å². The van der Waals surface area contributed by atoms with Crippen LogP contribution < -0.4 is 4.90 Å². The van der Waals surface area contributed by atoms with Gasteiger partial charge < -0.3 is 9.80 Å². The van der Waals surface area contributed by atoms with E-state index in [4.69, 9.17) is 0 Å². The third-order valence-corrected chi connectivity index (χ3v) is 3.85. The summed E-state index contributed by atoms with van der Waals surface area (Å²) >= 11 is 0. The molecule has 0 atom stereocenters. The third-order valence-electron chi connectivity index (χ3n) is 3.85. The summed E-state index contributed by atoms with van der Waals surface area (Å²) in [6.07, 6.45) is 0. The molecule has 0 spiro atoms. The van der Waals surface area contributed by atoms with Gasteiger partial charge in [-0.2, -0.15) is 0 Å². The van der Waals surface area contributed by atoms with Crippen molar-refractivity contribution in [3.8, 4) is 0 Å². The number of rotatable bonds is 6. The van der Waals surface area contributed by atoms with Crippen molar-refractivity contribution in [1.82, 2.24) is 4.90 Å². The number of carbonyl (C=O) groups excluding carboxylic acids is 1. The molecule has 3 nitrogen and oxygen atoms in total. The van der Waals surface area contributed by atoms with E-state index in [1.165, 1.54) is 5.56 Å². The molecule has 3 heteroatoms. The molecule has 0 saturated carbocycles. The standard InChI is InChI=1S/C19H24N2O/c1-4-21(5-2)19(22)17-12-9-13-18(14-17)20(3)15-16-10-7-6-8-11-16/h6-14H,4-5,15H2,1-3H3. The van der Waals surface area contributed by atoms with Gasteiger partial charge in [0.1, 0.15) is 0 Å². The Morgan fingerprint density at radius 1 is 0.955 bits per heavy atom. The van der Waals surface area contributed by atoms with Crippen molar-refractivity contribution in [2.75, 3.05) is 25.0 Å². The second-order valence-corrected chi connectivity index (χ2v) is 5.37. The van der Waals surface area contributed by atoms with Gasteiger partial charge in [0, 0.05) is 37.9 Å². The highest BCUT2D eigenvalue weighted by Crippen LogP contribution is 2.18. The molecule has 2 rings (SSSR count).